The van der Waals surface area contributed by atoms with Gasteiger partial charge in [-0.05, 0) is 48.7 Å². The molecular weight excluding hydrogens is 336 g/mol. The van der Waals surface area contributed by atoms with Gasteiger partial charge in [-0.25, -0.2) is 0 Å². The van der Waals surface area contributed by atoms with Gasteiger partial charge in [0.05, 0.1) is 6.04 Å². The van der Waals surface area contributed by atoms with Gasteiger partial charge in [0.25, 0.3) is 0 Å². The van der Waals surface area contributed by atoms with Gasteiger partial charge < -0.3 is 15.6 Å². The monoisotopic (exact) mass is 368 g/mol. The van der Waals surface area contributed by atoms with Crippen LogP contribution >= 0.6 is 0 Å². The number of aliphatic hydroxyl groups is 1. The fourth-order valence-corrected chi connectivity index (χ4v) is 4.06. The van der Waals surface area contributed by atoms with Crippen LogP contribution < -0.4 is 10.5 Å². The highest BCUT2D eigenvalue weighted by Gasteiger charge is 2.44. The molecule has 1 saturated carbocycles. The zero-order valence-electron chi connectivity index (χ0n) is 16.8. The Hall–Kier alpha value is -1.88. The molecule has 4 nitrogen and oxygen atoms in total. The molecule has 0 bridgehead atoms. The van der Waals surface area contributed by atoms with Gasteiger partial charge in [0, 0.05) is 19.0 Å². The van der Waals surface area contributed by atoms with Gasteiger partial charge in [0.15, 0.2) is 0 Å². The van der Waals surface area contributed by atoms with E-state index in [0.29, 0.717) is 12.3 Å². The highest BCUT2D eigenvalue weighted by atomic mass is 16.5. The van der Waals surface area contributed by atoms with E-state index < -0.39 is 6.10 Å². The molecule has 0 aromatic heterocycles. The van der Waals surface area contributed by atoms with Gasteiger partial charge in [-0.3, -0.25) is 4.90 Å². The molecule has 0 unspecified atom stereocenters. The number of benzene rings is 2. The molecule has 27 heavy (non-hydrogen) atoms. The fourth-order valence-electron chi connectivity index (χ4n) is 4.06. The number of rotatable bonds is 6. The third-order valence-corrected chi connectivity index (χ3v) is 5.49. The van der Waals surface area contributed by atoms with Crippen LogP contribution in [0.2, 0.25) is 0 Å². The maximum atomic E-state index is 10.9. The van der Waals surface area contributed by atoms with Gasteiger partial charge in [0.2, 0.25) is 0 Å². The van der Waals surface area contributed by atoms with Crippen LogP contribution in [0.1, 0.15) is 42.9 Å². The van der Waals surface area contributed by atoms with Crippen molar-refractivity contribution in [2.75, 3.05) is 7.05 Å². The average Bonchev–Trinajstić information content (AvgIpc) is 2.88. The van der Waals surface area contributed by atoms with Crippen LogP contribution in [0.5, 0.6) is 5.75 Å². The predicted molar refractivity (Wildman–Crippen MR) is 110 cm³/mol. The summed E-state index contributed by atoms with van der Waals surface area (Å²) in [7, 11) is 2.02. The molecular formula is C23H32N2O2. The molecule has 0 spiro atoms. The van der Waals surface area contributed by atoms with Crippen molar-refractivity contribution in [2.45, 2.75) is 63.9 Å². The highest BCUT2D eigenvalue weighted by molar-refractivity contribution is 5.35. The van der Waals surface area contributed by atoms with E-state index in [4.69, 9.17) is 10.5 Å². The number of nitrogens with two attached hydrogens (primary N) is 1. The van der Waals surface area contributed by atoms with E-state index in [1.165, 1.54) is 16.7 Å². The number of aliphatic hydroxyl groups excluding tert-OH is 1. The van der Waals surface area contributed by atoms with E-state index in [1.54, 1.807) is 0 Å². The lowest BCUT2D eigenvalue weighted by atomic mass is 10.0. The van der Waals surface area contributed by atoms with E-state index in [2.05, 4.69) is 49.9 Å². The van der Waals surface area contributed by atoms with Crippen LogP contribution in [0.15, 0.2) is 48.5 Å². The van der Waals surface area contributed by atoms with Crippen LogP contribution in [0, 0.1) is 6.92 Å². The Morgan fingerprint density at radius 3 is 2.56 bits per heavy atom. The Balaban J connectivity index is 1.70. The molecule has 0 heterocycles. The van der Waals surface area contributed by atoms with Gasteiger partial charge in [-0.2, -0.15) is 0 Å². The number of hydrogen-bond acceptors (Lipinski definition) is 4. The second-order valence-electron chi connectivity index (χ2n) is 8.17. The van der Waals surface area contributed by atoms with Crippen molar-refractivity contribution in [3.63, 3.8) is 0 Å². The Bertz CT molecular complexity index is 747. The summed E-state index contributed by atoms with van der Waals surface area (Å²) < 4.78 is 6.20. The second kappa shape index (κ2) is 8.42. The maximum absolute atomic E-state index is 10.9. The summed E-state index contributed by atoms with van der Waals surface area (Å²) in [4.78, 5) is 2.14. The van der Waals surface area contributed by atoms with Crippen molar-refractivity contribution >= 4 is 0 Å². The molecule has 0 aliphatic heterocycles. The summed E-state index contributed by atoms with van der Waals surface area (Å²) in [5.41, 5.74) is 10.0. The number of ether oxygens (including phenoxy) is 1. The van der Waals surface area contributed by atoms with Crippen molar-refractivity contribution in [3.05, 3.63) is 65.2 Å². The number of hydrogen-bond donors (Lipinski definition) is 2. The lowest BCUT2D eigenvalue weighted by Crippen LogP contribution is -2.48. The van der Waals surface area contributed by atoms with Crippen LogP contribution in [-0.2, 0) is 6.54 Å². The minimum Gasteiger partial charge on any atom is -0.488 e. The van der Waals surface area contributed by atoms with E-state index in [1.807, 2.05) is 31.3 Å². The van der Waals surface area contributed by atoms with E-state index >= 15 is 0 Å². The third-order valence-electron chi connectivity index (χ3n) is 5.49. The Morgan fingerprint density at radius 1 is 1.19 bits per heavy atom. The first-order chi connectivity index (χ1) is 12.8. The molecule has 146 valence electrons. The summed E-state index contributed by atoms with van der Waals surface area (Å²) in [6, 6.07) is 16.3. The molecule has 2 aromatic rings. The van der Waals surface area contributed by atoms with Crippen molar-refractivity contribution in [1.29, 1.82) is 0 Å². The number of nitrogens with zero attached hydrogens (tertiary/aromatic N) is 1. The summed E-state index contributed by atoms with van der Waals surface area (Å²) in [5.74, 6) is 1.26. The maximum Gasteiger partial charge on any atom is 0.128 e. The molecule has 3 rings (SSSR count). The Kier molecular flexibility index (Phi) is 6.20. The first kappa shape index (κ1) is 19.9. The molecule has 2 aromatic carbocycles. The summed E-state index contributed by atoms with van der Waals surface area (Å²) in [6.07, 6.45) is -0.252. The molecule has 0 amide bonds. The lowest BCUT2D eigenvalue weighted by molar-refractivity contribution is 0.0137. The summed E-state index contributed by atoms with van der Waals surface area (Å²) in [5, 5.41) is 10.9. The van der Waals surface area contributed by atoms with E-state index in [-0.39, 0.29) is 18.2 Å². The van der Waals surface area contributed by atoms with Gasteiger partial charge in [-0.15, -0.1) is 0 Å². The first-order valence-electron chi connectivity index (χ1n) is 9.81. The van der Waals surface area contributed by atoms with Crippen LogP contribution in [0.3, 0.4) is 0 Å². The normalized spacial score (nSPS) is 25.3. The number of aryl methyl sites for hydroxylation is 1. The van der Waals surface area contributed by atoms with Crippen LogP contribution in [0.25, 0.3) is 0 Å². The Labute approximate surface area is 163 Å². The topological polar surface area (TPSA) is 58.7 Å². The predicted octanol–water partition coefficient (Wildman–Crippen LogP) is 3.46. The van der Waals surface area contributed by atoms with Crippen molar-refractivity contribution in [3.8, 4) is 5.75 Å². The minimum absolute atomic E-state index is 0.118. The average molecular weight is 369 g/mol. The molecule has 4 heteroatoms. The molecule has 1 aliphatic carbocycles. The molecule has 4 atom stereocenters. The van der Waals surface area contributed by atoms with Crippen molar-refractivity contribution in [2.24, 2.45) is 5.73 Å². The molecule has 0 saturated heterocycles. The molecule has 1 fully saturated rings. The highest BCUT2D eigenvalue weighted by Crippen LogP contribution is 2.30. The summed E-state index contributed by atoms with van der Waals surface area (Å²) in [6.45, 7) is 7.18. The van der Waals surface area contributed by atoms with Gasteiger partial charge in [-0.1, -0.05) is 50.2 Å². The van der Waals surface area contributed by atoms with Crippen molar-refractivity contribution < 1.29 is 9.84 Å². The molecule has 0 radical (unpaired) electrons. The summed E-state index contributed by atoms with van der Waals surface area (Å²) >= 11 is 0. The first-order valence-corrected chi connectivity index (χ1v) is 9.81. The zero-order chi connectivity index (χ0) is 19.6. The lowest BCUT2D eigenvalue weighted by Gasteiger charge is -2.30. The van der Waals surface area contributed by atoms with Crippen molar-refractivity contribution in [1.82, 2.24) is 4.90 Å². The Morgan fingerprint density at radius 2 is 1.89 bits per heavy atom. The standard InChI is InChI=1S/C23H32N2O2/c1-15(2)18-10-16(3)11-19(12-18)27-21-13-20(24)22(23(21)26)25(4)14-17-8-6-5-7-9-17/h5-12,15,20-23,26H,13-14,24H2,1-4H3/t20-,21-,22+,23+/m1/s1. The quantitative estimate of drug-likeness (QED) is 0.820. The SMILES string of the molecule is Cc1cc(O[C@@H]2C[C@@H](N)[C@H](N(C)Cc3ccccc3)[C@H]2O)cc(C(C)C)c1. The second-order valence-corrected chi connectivity index (χ2v) is 8.17. The van der Waals surface area contributed by atoms with E-state index in [0.717, 1.165) is 12.3 Å². The largest absolute Gasteiger partial charge is 0.488 e. The van der Waals surface area contributed by atoms with Gasteiger partial charge >= 0.3 is 0 Å². The zero-order valence-corrected chi connectivity index (χ0v) is 16.8. The van der Waals surface area contributed by atoms with Crippen LogP contribution in [0.4, 0.5) is 0 Å². The fraction of sp³-hybridized carbons (Fsp3) is 0.478. The van der Waals surface area contributed by atoms with Gasteiger partial charge in [0.1, 0.15) is 18.0 Å². The third kappa shape index (κ3) is 4.70. The van der Waals surface area contributed by atoms with Crippen LogP contribution in [-0.4, -0.2) is 41.3 Å². The molecule has 3 N–H and O–H groups in total. The molecule has 1 aliphatic rings. The van der Waals surface area contributed by atoms with E-state index in [9.17, 15) is 5.11 Å². The number of likely N-dealkylation sites (N-methyl/N-ethyl adjacent to an activating group) is 1. The minimum atomic E-state index is -0.614. The smallest absolute Gasteiger partial charge is 0.128 e.